The van der Waals surface area contributed by atoms with Crippen molar-refractivity contribution in [3.05, 3.63) is 69.8 Å². The van der Waals surface area contributed by atoms with E-state index in [1.54, 1.807) is 10.7 Å². The summed E-state index contributed by atoms with van der Waals surface area (Å²) in [7, 11) is -3.08. The summed E-state index contributed by atoms with van der Waals surface area (Å²) in [5.41, 5.74) is 4.75. The molecule has 1 fully saturated rings. The third-order valence-corrected chi connectivity index (χ3v) is 7.90. The summed E-state index contributed by atoms with van der Waals surface area (Å²) in [6.45, 7) is 3.98. The fraction of sp³-hybridized carbons (Fsp3) is 0.273. The number of nitrogens with zero attached hydrogens (tertiary/aromatic N) is 2. The van der Waals surface area contributed by atoms with Crippen LogP contribution < -0.4 is 5.32 Å². The van der Waals surface area contributed by atoms with Gasteiger partial charge < -0.3 is 5.32 Å². The summed E-state index contributed by atoms with van der Waals surface area (Å²) in [5, 5.41) is 7.39. The van der Waals surface area contributed by atoms with Crippen LogP contribution in [0.2, 0.25) is 0 Å². The SMILES string of the molecule is Cc1ccc(-c2cc(C(=O)Nc3ccc(C)c(Br)c3)nn2[C@@H]2CCS(=O)(=O)C2)cc1. The van der Waals surface area contributed by atoms with E-state index in [1.165, 1.54) is 0 Å². The van der Waals surface area contributed by atoms with Crippen LogP contribution in [-0.4, -0.2) is 35.6 Å². The number of carbonyl (C=O) groups is 1. The first-order chi connectivity index (χ1) is 14.2. The van der Waals surface area contributed by atoms with Gasteiger partial charge in [-0.15, -0.1) is 0 Å². The largest absolute Gasteiger partial charge is 0.321 e. The molecule has 2 aromatic carbocycles. The number of aryl methyl sites for hydroxylation is 2. The molecular formula is C22H22BrN3O3S. The second kappa shape index (κ2) is 8.00. The van der Waals surface area contributed by atoms with Gasteiger partial charge in [0.1, 0.15) is 0 Å². The maximum Gasteiger partial charge on any atom is 0.276 e. The van der Waals surface area contributed by atoms with E-state index in [1.807, 2.05) is 56.3 Å². The van der Waals surface area contributed by atoms with Gasteiger partial charge >= 0.3 is 0 Å². The zero-order valence-corrected chi connectivity index (χ0v) is 19.1. The van der Waals surface area contributed by atoms with Crippen molar-refractivity contribution in [1.29, 1.82) is 0 Å². The molecule has 1 atom stereocenters. The molecule has 156 valence electrons. The Bertz CT molecular complexity index is 1220. The molecule has 0 spiro atoms. The molecular weight excluding hydrogens is 466 g/mol. The number of amides is 1. The predicted molar refractivity (Wildman–Crippen MR) is 122 cm³/mol. The van der Waals surface area contributed by atoms with Gasteiger partial charge in [0, 0.05) is 10.2 Å². The van der Waals surface area contributed by atoms with Gasteiger partial charge in [-0.25, -0.2) is 8.42 Å². The van der Waals surface area contributed by atoms with Crippen molar-refractivity contribution in [1.82, 2.24) is 9.78 Å². The minimum absolute atomic E-state index is 0.0412. The fourth-order valence-electron chi connectivity index (χ4n) is 3.56. The first kappa shape index (κ1) is 20.8. The second-order valence-corrected chi connectivity index (χ2v) is 10.8. The number of benzene rings is 2. The molecule has 0 bridgehead atoms. The molecule has 2 heterocycles. The summed E-state index contributed by atoms with van der Waals surface area (Å²) in [4.78, 5) is 12.9. The maximum atomic E-state index is 12.9. The predicted octanol–water partition coefficient (Wildman–Crippen LogP) is 4.54. The Morgan fingerprint density at radius 1 is 1.13 bits per heavy atom. The number of hydrogen-bond donors (Lipinski definition) is 1. The summed E-state index contributed by atoms with van der Waals surface area (Å²) >= 11 is 3.47. The Kier molecular flexibility index (Phi) is 5.55. The summed E-state index contributed by atoms with van der Waals surface area (Å²) in [6, 6.07) is 14.9. The van der Waals surface area contributed by atoms with Crippen LogP contribution in [0.25, 0.3) is 11.3 Å². The highest BCUT2D eigenvalue weighted by Gasteiger charge is 2.32. The maximum absolute atomic E-state index is 12.9. The molecule has 1 saturated heterocycles. The quantitative estimate of drug-likeness (QED) is 0.585. The van der Waals surface area contributed by atoms with E-state index in [0.29, 0.717) is 12.1 Å². The van der Waals surface area contributed by atoms with E-state index in [2.05, 4.69) is 26.3 Å². The van der Waals surface area contributed by atoms with Gasteiger partial charge in [-0.3, -0.25) is 9.48 Å². The van der Waals surface area contributed by atoms with Gasteiger partial charge in [0.05, 0.1) is 23.2 Å². The molecule has 1 N–H and O–H groups in total. The highest BCUT2D eigenvalue weighted by Crippen LogP contribution is 2.30. The van der Waals surface area contributed by atoms with Crippen LogP contribution in [0, 0.1) is 13.8 Å². The third-order valence-electron chi connectivity index (χ3n) is 5.30. The zero-order valence-electron chi connectivity index (χ0n) is 16.7. The summed E-state index contributed by atoms with van der Waals surface area (Å²) in [6.07, 6.45) is 0.495. The first-order valence-corrected chi connectivity index (χ1v) is 12.3. The van der Waals surface area contributed by atoms with Crippen LogP contribution in [0.15, 0.2) is 53.0 Å². The molecule has 3 aromatic rings. The third kappa shape index (κ3) is 4.34. The minimum atomic E-state index is -3.08. The normalized spacial score (nSPS) is 17.8. The van der Waals surface area contributed by atoms with Crippen LogP contribution in [-0.2, 0) is 9.84 Å². The Balaban J connectivity index is 1.70. The van der Waals surface area contributed by atoms with Gasteiger partial charge in [-0.2, -0.15) is 5.10 Å². The zero-order chi connectivity index (χ0) is 21.5. The van der Waals surface area contributed by atoms with Crippen molar-refractivity contribution < 1.29 is 13.2 Å². The lowest BCUT2D eigenvalue weighted by Gasteiger charge is -2.13. The molecule has 6 nitrogen and oxygen atoms in total. The second-order valence-electron chi connectivity index (χ2n) is 7.70. The lowest BCUT2D eigenvalue weighted by molar-refractivity contribution is 0.102. The number of carbonyl (C=O) groups excluding carboxylic acids is 1. The van der Waals surface area contributed by atoms with Gasteiger partial charge in [-0.05, 0) is 49.6 Å². The number of hydrogen-bond acceptors (Lipinski definition) is 4. The topological polar surface area (TPSA) is 81.1 Å². The molecule has 1 aliphatic rings. The molecule has 30 heavy (non-hydrogen) atoms. The van der Waals surface area contributed by atoms with E-state index >= 15 is 0 Å². The van der Waals surface area contributed by atoms with Crippen LogP contribution in [0.3, 0.4) is 0 Å². The fourth-order valence-corrected chi connectivity index (χ4v) is 5.63. The molecule has 0 aliphatic carbocycles. The average Bonchev–Trinajstić information content (AvgIpc) is 3.29. The van der Waals surface area contributed by atoms with Crippen molar-refractivity contribution in [3.8, 4) is 11.3 Å². The van der Waals surface area contributed by atoms with Crippen molar-refractivity contribution in [2.75, 3.05) is 16.8 Å². The Morgan fingerprint density at radius 3 is 2.50 bits per heavy atom. The molecule has 0 unspecified atom stereocenters. The van der Waals surface area contributed by atoms with E-state index in [9.17, 15) is 13.2 Å². The number of anilines is 1. The Labute approximate surface area is 184 Å². The highest BCUT2D eigenvalue weighted by atomic mass is 79.9. The first-order valence-electron chi connectivity index (χ1n) is 9.66. The van der Waals surface area contributed by atoms with Crippen molar-refractivity contribution >= 4 is 37.4 Å². The highest BCUT2D eigenvalue weighted by molar-refractivity contribution is 9.10. The minimum Gasteiger partial charge on any atom is -0.321 e. The standard InChI is InChI=1S/C22H22BrN3O3S/c1-14-3-6-16(7-4-14)21-12-20(25-26(21)18-9-10-30(28,29)13-18)22(27)24-17-8-5-15(2)19(23)11-17/h3-8,11-12,18H,9-10,13H2,1-2H3,(H,24,27)/t18-/m1/s1. The van der Waals surface area contributed by atoms with Crippen LogP contribution in [0.5, 0.6) is 0 Å². The number of halogens is 1. The Hall–Kier alpha value is -2.45. The molecule has 1 aliphatic heterocycles. The lowest BCUT2D eigenvalue weighted by Crippen LogP contribution is -2.16. The van der Waals surface area contributed by atoms with Crippen LogP contribution >= 0.6 is 15.9 Å². The molecule has 8 heteroatoms. The number of sulfone groups is 1. The molecule has 1 aromatic heterocycles. The van der Waals surface area contributed by atoms with E-state index in [4.69, 9.17) is 0 Å². The number of nitrogens with one attached hydrogen (secondary N) is 1. The van der Waals surface area contributed by atoms with Gasteiger partial charge in [0.25, 0.3) is 5.91 Å². The number of rotatable bonds is 4. The smallest absolute Gasteiger partial charge is 0.276 e. The Morgan fingerprint density at radius 2 is 1.87 bits per heavy atom. The monoisotopic (exact) mass is 487 g/mol. The van der Waals surface area contributed by atoms with Gasteiger partial charge in [-0.1, -0.05) is 51.8 Å². The lowest BCUT2D eigenvalue weighted by atomic mass is 10.1. The van der Waals surface area contributed by atoms with Gasteiger partial charge in [0.15, 0.2) is 15.5 Å². The van der Waals surface area contributed by atoms with E-state index in [0.717, 1.165) is 26.9 Å². The van der Waals surface area contributed by atoms with E-state index < -0.39 is 9.84 Å². The summed E-state index contributed by atoms with van der Waals surface area (Å²) in [5.74, 6) is -0.151. The van der Waals surface area contributed by atoms with Crippen molar-refractivity contribution in [2.45, 2.75) is 26.3 Å². The molecule has 1 amide bonds. The van der Waals surface area contributed by atoms with Gasteiger partial charge in [0.2, 0.25) is 0 Å². The summed E-state index contributed by atoms with van der Waals surface area (Å²) < 4.78 is 26.7. The van der Waals surface area contributed by atoms with Crippen LogP contribution in [0.4, 0.5) is 5.69 Å². The molecule has 0 radical (unpaired) electrons. The van der Waals surface area contributed by atoms with E-state index in [-0.39, 0.29) is 29.1 Å². The van der Waals surface area contributed by atoms with Crippen molar-refractivity contribution in [3.63, 3.8) is 0 Å². The molecule has 4 rings (SSSR count). The molecule has 0 saturated carbocycles. The average molecular weight is 488 g/mol. The van der Waals surface area contributed by atoms with Crippen LogP contribution in [0.1, 0.15) is 34.1 Å². The van der Waals surface area contributed by atoms with Crippen molar-refractivity contribution in [2.24, 2.45) is 0 Å². The number of aromatic nitrogens is 2.